The number of carboxylic acid groups (broad SMARTS) is 1. The molecular weight excluding hydrogens is 472 g/mol. The fourth-order valence-electron chi connectivity index (χ4n) is 4.22. The van der Waals surface area contributed by atoms with Crippen LogP contribution in [0.25, 0.3) is 11.1 Å². The fourth-order valence-corrected chi connectivity index (χ4v) is 4.40. The predicted molar refractivity (Wildman–Crippen MR) is 128 cm³/mol. The zero-order valence-corrected chi connectivity index (χ0v) is 20.5. The summed E-state index contributed by atoms with van der Waals surface area (Å²) < 4.78 is 12.5. The molecule has 2 heterocycles. The molecule has 10 heteroatoms. The number of aliphatic carboxylic acids is 1. The molecule has 1 saturated carbocycles. The van der Waals surface area contributed by atoms with Crippen LogP contribution in [0.4, 0.5) is 0 Å². The highest BCUT2D eigenvalue weighted by molar-refractivity contribution is 6.31. The molecule has 0 bridgehead atoms. The second kappa shape index (κ2) is 9.19. The van der Waals surface area contributed by atoms with Crippen molar-refractivity contribution in [2.45, 2.75) is 51.5 Å². The van der Waals surface area contributed by atoms with Gasteiger partial charge in [0.25, 0.3) is 5.56 Å². The maximum Gasteiger partial charge on any atom is 0.327 e. The number of pyridine rings is 1. The maximum absolute atomic E-state index is 13.4. The minimum Gasteiger partial charge on any atom is -0.495 e. The number of hydrogen-bond donors (Lipinski definition) is 1. The maximum atomic E-state index is 13.4. The number of halogens is 1. The number of methoxy groups -OCH3 is 1. The Morgan fingerprint density at radius 1 is 1.29 bits per heavy atom. The molecule has 9 nitrogen and oxygen atoms in total. The van der Waals surface area contributed by atoms with Crippen molar-refractivity contribution in [3.63, 3.8) is 0 Å². The lowest BCUT2D eigenvalue weighted by atomic mass is 9.75. The van der Waals surface area contributed by atoms with Gasteiger partial charge in [0.05, 0.1) is 30.9 Å². The summed E-state index contributed by atoms with van der Waals surface area (Å²) in [6.45, 7) is 5.57. The van der Waals surface area contributed by atoms with Crippen LogP contribution < -0.4 is 10.3 Å². The van der Waals surface area contributed by atoms with Crippen molar-refractivity contribution >= 4 is 17.6 Å². The number of aromatic nitrogens is 3. The number of benzene rings is 1. The Balaban J connectivity index is 1.88. The molecule has 0 spiro atoms. The zero-order valence-electron chi connectivity index (χ0n) is 19.8. The van der Waals surface area contributed by atoms with Crippen LogP contribution in [0.2, 0.25) is 5.02 Å². The minimum atomic E-state index is -1.35. The van der Waals surface area contributed by atoms with Crippen molar-refractivity contribution in [1.82, 2.24) is 14.8 Å². The third kappa shape index (κ3) is 4.80. The first kappa shape index (κ1) is 24.5. The first-order valence-corrected chi connectivity index (χ1v) is 11.5. The van der Waals surface area contributed by atoms with E-state index in [9.17, 15) is 20.0 Å². The van der Waals surface area contributed by atoms with Crippen LogP contribution >= 0.6 is 11.6 Å². The van der Waals surface area contributed by atoms with E-state index in [1.54, 1.807) is 18.2 Å². The Morgan fingerprint density at radius 2 is 2.00 bits per heavy atom. The molecule has 4 rings (SSSR count). The largest absolute Gasteiger partial charge is 0.495 e. The molecule has 1 aliphatic rings. The van der Waals surface area contributed by atoms with Gasteiger partial charge in [-0.3, -0.25) is 9.36 Å². The first-order valence-electron chi connectivity index (χ1n) is 11.1. The van der Waals surface area contributed by atoms with Crippen LogP contribution in [0.3, 0.4) is 0 Å². The van der Waals surface area contributed by atoms with Gasteiger partial charge in [-0.2, -0.15) is 5.26 Å². The number of ether oxygens (including phenoxy) is 1. The number of nitrogens with zero attached hydrogens (tertiary/aromatic N) is 4. The molecule has 1 aliphatic carbocycles. The van der Waals surface area contributed by atoms with E-state index in [0.29, 0.717) is 27.6 Å². The second-order valence-electron chi connectivity index (χ2n) is 9.68. The van der Waals surface area contributed by atoms with E-state index in [-0.39, 0.29) is 17.6 Å². The first-order chi connectivity index (χ1) is 16.5. The Labute approximate surface area is 206 Å². The lowest BCUT2D eigenvalue weighted by Gasteiger charge is -2.33. The predicted octanol–water partition coefficient (Wildman–Crippen LogP) is 4.76. The van der Waals surface area contributed by atoms with Crippen molar-refractivity contribution in [3.8, 4) is 22.9 Å². The van der Waals surface area contributed by atoms with E-state index in [4.69, 9.17) is 20.8 Å². The van der Waals surface area contributed by atoms with Crippen LogP contribution in [-0.2, 0) is 4.79 Å². The molecular formula is C25H25ClN4O5. The van der Waals surface area contributed by atoms with Crippen LogP contribution in [0.5, 0.6) is 5.75 Å². The summed E-state index contributed by atoms with van der Waals surface area (Å²) in [5.41, 5.74) is -0.203. The number of carboxylic acids is 1. The topological polar surface area (TPSA) is 131 Å². The minimum absolute atomic E-state index is 0.170. The number of rotatable bonds is 7. The average Bonchev–Trinajstić information content (AvgIpc) is 3.54. The van der Waals surface area contributed by atoms with Gasteiger partial charge in [0.2, 0.25) is 11.8 Å². The van der Waals surface area contributed by atoms with Crippen molar-refractivity contribution < 1.29 is 19.1 Å². The van der Waals surface area contributed by atoms with E-state index in [1.807, 2.05) is 20.8 Å². The lowest BCUT2D eigenvalue weighted by molar-refractivity contribution is -0.143. The van der Waals surface area contributed by atoms with Gasteiger partial charge < -0.3 is 14.3 Å². The quantitative estimate of drug-likeness (QED) is 0.495. The second-order valence-corrected chi connectivity index (χ2v) is 10.1. The van der Waals surface area contributed by atoms with Crippen molar-refractivity contribution in [1.29, 1.82) is 5.26 Å². The Kier molecular flexibility index (Phi) is 6.43. The Morgan fingerprint density at radius 3 is 2.57 bits per heavy atom. The standard InChI is InChI=1S/C25H25ClN4O5/c1-25(2,3)20(23-29-28-22(35-23)13-5-6-13)21(24(32)33)30-12-18(34-4)17(10-19(30)31)16-9-15(26)8-7-14(16)11-27/h7-10,12-13,20-21H,5-6H2,1-4H3,(H,32,33). The molecule has 0 saturated heterocycles. The highest BCUT2D eigenvalue weighted by Crippen LogP contribution is 2.45. The lowest BCUT2D eigenvalue weighted by Crippen LogP contribution is -2.38. The Hall–Kier alpha value is -3.64. The van der Waals surface area contributed by atoms with Gasteiger partial charge in [0.15, 0.2) is 0 Å². The van der Waals surface area contributed by atoms with Crippen LogP contribution in [0.15, 0.2) is 39.7 Å². The normalized spacial score (nSPS) is 15.3. The highest BCUT2D eigenvalue weighted by atomic mass is 35.5. The number of carbonyl (C=O) groups is 1. The van der Waals surface area contributed by atoms with E-state index in [0.717, 1.165) is 17.4 Å². The highest BCUT2D eigenvalue weighted by Gasteiger charge is 2.44. The summed E-state index contributed by atoms with van der Waals surface area (Å²) in [5.74, 6) is -0.963. The van der Waals surface area contributed by atoms with E-state index in [2.05, 4.69) is 16.3 Å². The van der Waals surface area contributed by atoms with Crippen LogP contribution in [0, 0.1) is 16.7 Å². The fraction of sp³-hybridized carbons (Fsp3) is 0.400. The van der Waals surface area contributed by atoms with Crippen molar-refractivity contribution in [3.05, 3.63) is 63.2 Å². The summed E-state index contributed by atoms with van der Waals surface area (Å²) in [6, 6.07) is 6.66. The van der Waals surface area contributed by atoms with E-state index in [1.165, 1.54) is 19.4 Å². The van der Waals surface area contributed by atoms with E-state index < -0.39 is 28.9 Å². The van der Waals surface area contributed by atoms with Gasteiger partial charge in [-0.1, -0.05) is 32.4 Å². The summed E-state index contributed by atoms with van der Waals surface area (Å²) in [6.07, 6.45) is 3.25. The van der Waals surface area contributed by atoms with E-state index >= 15 is 0 Å². The summed E-state index contributed by atoms with van der Waals surface area (Å²) in [7, 11) is 1.40. The summed E-state index contributed by atoms with van der Waals surface area (Å²) in [5, 5.41) is 28.5. The van der Waals surface area contributed by atoms with Gasteiger partial charge in [0, 0.05) is 28.1 Å². The van der Waals surface area contributed by atoms with Crippen molar-refractivity contribution in [2.24, 2.45) is 5.41 Å². The third-order valence-corrected chi connectivity index (χ3v) is 6.34. The molecule has 2 aromatic heterocycles. The molecule has 2 unspecified atom stereocenters. The van der Waals surface area contributed by atoms with Gasteiger partial charge >= 0.3 is 5.97 Å². The van der Waals surface area contributed by atoms with Crippen LogP contribution in [-0.4, -0.2) is 33.0 Å². The molecule has 1 N–H and O–H groups in total. The smallest absolute Gasteiger partial charge is 0.327 e. The number of nitriles is 1. The van der Waals surface area contributed by atoms with Gasteiger partial charge in [-0.25, -0.2) is 4.79 Å². The molecule has 35 heavy (non-hydrogen) atoms. The summed E-state index contributed by atoms with van der Waals surface area (Å²) in [4.78, 5) is 26.0. The molecule has 3 aromatic rings. The monoisotopic (exact) mass is 496 g/mol. The molecule has 1 fully saturated rings. The molecule has 0 amide bonds. The molecule has 1 aromatic carbocycles. The SMILES string of the molecule is COc1cn(C(C(=O)O)C(c2nnc(C3CC3)o2)C(C)(C)C)c(=O)cc1-c1cc(Cl)ccc1C#N. The number of hydrogen-bond acceptors (Lipinski definition) is 7. The molecule has 182 valence electrons. The molecule has 0 radical (unpaired) electrons. The molecule has 0 aliphatic heterocycles. The van der Waals surface area contributed by atoms with Gasteiger partial charge in [0.1, 0.15) is 11.8 Å². The van der Waals surface area contributed by atoms with Gasteiger partial charge in [-0.05, 0) is 36.5 Å². The van der Waals surface area contributed by atoms with Crippen molar-refractivity contribution in [2.75, 3.05) is 7.11 Å². The zero-order chi connectivity index (χ0) is 25.5. The summed E-state index contributed by atoms with van der Waals surface area (Å²) >= 11 is 6.14. The molecule has 2 atom stereocenters. The third-order valence-electron chi connectivity index (χ3n) is 6.11. The van der Waals surface area contributed by atoms with Crippen LogP contribution in [0.1, 0.15) is 68.8 Å². The average molecular weight is 497 g/mol. The van der Waals surface area contributed by atoms with Gasteiger partial charge in [-0.15, -0.1) is 10.2 Å². The Bertz CT molecular complexity index is 1380.